The zero-order chi connectivity index (χ0) is 7.94. The number of thiophene rings is 1. The van der Waals surface area contributed by atoms with Crippen molar-refractivity contribution < 1.29 is 4.84 Å². The zero-order valence-electron chi connectivity index (χ0n) is 5.86. The Balaban J connectivity index is 2.32. The van der Waals surface area contributed by atoms with Crippen molar-refractivity contribution in [2.75, 3.05) is 6.61 Å². The van der Waals surface area contributed by atoms with Gasteiger partial charge in [0.25, 0.3) is 0 Å². The highest BCUT2D eigenvalue weighted by Gasteiger charge is 1.84. The van der Waals surface area contributed by atoms with Gasteiger partial charge in [-0.1, -0.05) is 17.1 Å². The maximum atomic E-state index is 4.94. The molecule has 0 bridgehead atoms. The summed E-state index contributed by atoms with van der Waals surface area (Å²) in [5.41, 5.74) is 0. The van der Waals surface area contributed by atoms with E-state index < -0.39 is 0 Å². The van der Waals surface area contributed by atoms with Crippen LogP contribution in [0.3, 0.4) is 0 Å². The Bertz CT molecular complexity index is 258. The second kappa shape index (κ2) is 4.53. The molecule has 0 atom stereocenters. The lowest BCUT2D eigenvalue weighted by atomic mass is 10.5. The van der Waals surface area contributed by atoms with Crippen LogP contribution in [-0.4, -0.2) is 12.8 Å². The molecule has 1 rings (SSSR count). The van der Waals surface area contributed by atoms with E-state index in [1.165, 1.54) is 0 Å². The maximum absolute atomic E-state index is 4.94. The van der Waals surface area contributed by atoms with Crippen LogP contribution in [0.1, 0.15) is 4.88 Å². The van der Waals surface area contributed by atoms with Crippen molar-refractivity contribution in [2.24, 2.45) is 5.16 Å². The predicted molar refractivity (Wildman–Crippen MR) is 46.7 cm³/mol. The minimum atomic E-state index is 0.224. The monoisotopic (exact) mass is 165 g/mol. The summed E-state index contributed by atoms with van der Waals surface area (Å²) in [5, 5.41) is 5.62. The van der Waals surface area contributed by atoms with Crippen molar-refractivity contribution in [1.82, 2.24) is 0 Å². The molecule has 1 heterocycles. The summed E-state index contributed by atoms with van der Waals surface area (Å²) in [5.74, 6) is 2.32. The molecule has 1 aromatic rings. The minimum absolute atomic E-state index is 0.224. The summed E-state index contributed by atoms with van der Waals surface area (Å²) in [6, 6.07) is 3.90. The van der Waals surface area contributed by atoms with Crippen molar-refractivity contribution in [3.63, 3.8) is 0 Å². The van der Waals surface area contributed by atoms with Crippen molar-refractivity contribution in [3.05, 3.63) is 22.4 Å². The number of oxime groups is 1. The summed E-state index contributed by atoms with van der Waals surface area (Å²) < 4.78 is 0. The average Bonchev–Trinajstić information content (AvgIpc) is 2.50. The predicted octanol–water partition coefficient (Wildman–Crippen LogP) is 1.73. The van der Waals surface area contributed by atoms with Gasteiger partial charge in [0.05, 0.1) is 6.21 Å². The Kier molecular flexibility index (Phi) is 3.23. The first kappa shape index (κ1) is 7.83. The van der Waals surface area contributed by atoms with Gasteiger partial charge >= 0.3 is 0 Å². The fourth-order valence-electron chi connectivity index (χ4n) is 0.528. The van der Waals surface area contributed by atoms with E-state index in [1.54, 1.807) is 17.6 Å². The third-order valence-corrected chi connectivity index (χ3v) is 1.75. The lowest BCUT2D eigenvalue weighted by molar-refractivity contribution is 0.182. The van der Waals surface area contributed by atoms with Crippen LogP contribution in [0, 0.1) is 12.3 Å². The van der Waals surface area contributed by atoms with Gasteiger partial charge in [-0.05, 0) is 11.4 Å². The van der Waals surface area contributed by atoms with Crippen LogP contribution in [-0.2, 0) is 4.84 Å². The Morgan fingerprint density at radius 1 is 1.82 bits per heavy atom. The fraction of sp³-hybridized carbons (Fsp3) is 0.125. The molecule has 1 aromatic heterocycles. The SMILES string of the molecule is C#CCO/N=C/c1cccs1. The van der Waals surface area contributed by atoms with Gasteiger partial charge in [-0.25, -0.2) is 0 Å². The normalized spacial score (nSPS) is 9.73. The smallest absolute Gasteiger partial charge is 0.177 e. The average molecular weight is 165 g/mol. The van der Waals surface area contributed by atoms with Crippen LogP contribution < -0.4 is 0 Å². The summed E-state index contributed by atoms with van der Waals surface area (Å²) in [4.78, 5) is 5.75. The summed E-state index contributed by atoms with van der Waals surface area (Å²) >= 11 is 1.60. The first-order valence-electron chi connectivity index (χ1n) is 3.06. The summed E-state index contributed by atoms with van der Waals surface area (Å²) in [6.07, 6.45) is 6.58. The molecule has 0 unspecified atom stereocenters. The molecular formula is C8H7NOS. The first-order chi connectivity index (χ1) is 5.43. The molecule has 0 radical (unpaired) electrons. The molecule has 3 heteroatoms. The molecule has 0 fully saturated rings. The minimum Gasteiger partial charge on any atom is -0.383 e. The van der Waals surface area contributed by atoms with E-state index in [0.717, 1.165) is 4.88 Å². The number of rotatable bonds is 3. The van der Waals surface area contributed by atoms with Gasteiger partial charge in [-0.15, -0.1) is 17.8 Å². The summed E-state index contributed by atoms with van der Waals surface area (Å²) in [7, 11) is 0. The molecule has 2 nitrogen and oxygen atoms in total. The van der Waals surface area contributed by atoms with E-state index >= 15 is 0 Å². The van der Waals surface area contributed by atoms with Crippen molar-refractivity contribution >= 4 is 17.6 Å². The van der Waals surface area contributed by atoms with Crippen LogP contribution >= 0.6 is 11.3 Å². The highest BCUT2D eigenvalue weighted by molar-refractivity contribution is 7.11. The van der Waals surface area contributed by atoms with Crippen molar-refractivity contribution in [1.29, 1.82) is 0 Å². The molecule has 0 aromatic carbocycles. The second-order valence-electron chi connectivity index (χ2n) is 1.73. The van der Waals surface area contributed by atoms with Gasteiger partial charge in [0, 0.05) is 4.88 Å². The third-order valence-electron chi connectivity index (χ3n) is 0.946. The quantitative estimate of drug-likeness (QED) is 0.289. The van der Waals surface area contributed by atoms with Crippen LogP contribution in [0.4, 0.5) is 0 Å². The Labute approximate surface area is 69.5 Å². The largest absolute Gasteiger partial charge is 0.383 e. The number of nitrogens with zero attached hydrogens (tertiary/aromatic N) is 1. The van der Waals surface area contributed by atoms with Crippen LogP contribution in [0.2, 0.25) is 0 Å². The molecular weight excluding hydrogens is 158 g/mol. The molecule has 0 aliphatic heterocycles. The molecule has 0 saturated heterocycles. The van der Waals surface area contributed by atoms with E-state index in [1.807, 2.05) is 17.5 Å². The van der Waals surface area contributed by atoms with E-state index in [2.05, 4.69) is 11.1 Å². The van der Waals surface area contributed by atoms with Gasteiger partial charge in [0.1, 0.15) is 0 Å². The number of hydrogen-bond donors (Lipinski definition) is 0. The Morgan fingerprint density at radius 2 is 2.73 bits per heavy atom. The highest BCUT2D eigenvalue weighted by atomic mass is 32.1. The van der Waals surface area contributed by atoms with Gasteiger partial charge < -0.3 is 4.84 Å². The number of hydrogen-bond acceptors (Lipinski definition) is 3. The fourth-order valence-corrected chi connectivity index (χ4v) is 1.10. The standard InChI is InChI=1S/C8H7NOS/c1-2-5-10-9-7-8-4-3-6-11-8/h1,3-4,6-7H,5H2/b9-7+. The second-order valence-corrected chi connectivity index (χ2v) is 2.71. The Morgan fingerprint density at radius 3 is 3.36 bits per heavy atom. The third kappa shape index (κ3) is 2.87. The van der Waals surface area contributed by atoms with E-state index in [4.69, 9.17) is 11.3 Å². The molecule has 0 amide bonds. The van der Waals surface area contributed by atoms with Crippen LogP contribution in [0.25, 0.3) is 0 Å². The van der Waals surface area contributed by atoms with Gasteiger partial charge in [0.2, 0.25) is 0 Å². The lowest BCUT2D eigenvalue weighted by Gasteiger charge is -1.87. The molecule has 0 spiro atoms. The van der Waals surface area contributed by atoms with Crippen LogP contribution in [0.15, 0.2) is 22.7 Å². The zero-order valence-corrected chi connectivity index (χ0v) is 6.67. The van der Waals surface area contributed by atoms with E-state index in [0.29, 0.717) is 0 Å². The molecule has 0 aliphatic rings. The molecule has 0 aliphatic carbocycles. The Hall–Kier alpha value is -1.27. The highest BCUT2D eigenvalue weighted by Crippen LogP contribution is 2.04. The van der Waals surface area contributed by atoms with Gasteiger partial charge in [-0.2, -0.15) is 0 Å². The van der Waals surface area contributed by atoms with E-state index in [-0.39, 0.29) is 6.61 Å². The maximum Gasteiger partial charge on any atom is 0.177 e. The van der Waals surface area contributed by atoms with Crippen molar-refractivity contribution in [2.45, 2.75) is 0 Å². The van der Waals surface area contributed by atoms with Crippen molar-refractivity contribution in [3.8, 4) is 12.3 Å². The molecule has 0 saturated carbocycles. The van der Waals surface area contributed by atoms with Gasteiger partial charge in [-0.3, -0.25) is 0 Å². The lowest BCUT2D eigenvalue weighted by Crippen LogP contribution is -1.82. The summed E-state index contributed by atoms with van der Waals surface area (Å²) in [6.45, 7) is 0.224. The van der Waals surface area contributed by atoms with Gasteiger partial charge in [0.15, 0.2) is 6.61 Å². The van der Waals surface area contributed by atoms with Crippen LogP contribution in [0.5, 0.6) is 0 Å². The van der Waals surface area contributed by atoms with E-state index in [9.17, 15) is 0 Å². The topological polar surface area (TPSA) is 21.6 Å². The molecule has 0 N–H and O–H groups in total. The first-order valence-corrected chi connectivity index (χ1v) is 3.94. The number of terminal acetylenes is 1. The molecule has 11 heavy (non-hydrogen) atoms. The molecule has 56 valence electrons.